The zero-order valence-electron chi connectivity index (χ0n) is 17.8. The highest BCUT2D eigenvalue weighted by molar-refractivity contribution is 7.71. The Balaban J connectivity index is 2.27. The summed E-state index contributed by atoms with van der Waals surface area (Å²) < 4.78 is 0.226. The van der Waals surface area contributed by atoms with E-state index in [4.69, 9.17) is 35.4 Å². The average Bonchev–Trinajstić information content (AvgIpc) is 3.08. The second-order valence-corrected chi connectivity index (χ2v) is 7.30. The molecule has 8 heteroatoms. The SMILES string of the molecule is [C-]#[N+]c1[nH]n(OOC=C)c(=S)c1C(=C)C=C(C)/C=C(\Cl)c1ccc(N(CC)CC)cc1. The van der Waals surface area contributed by atoms with E-state index in [2.05, 4.69) is 58.9 Å². The minimum Gasteiger partial charge on any atom is -0.372 e. The molecule has 0 aliphatic carbocycles. The number of nitrogens with zero attached hydrogens (tertiary/aromatic N) is 3. The lowest BCUT2D eigenvalue weighted by atomic mass is 10.1. The summed E-state index contributed by atoms with van der Waals surface area (Å²) in [5.41, 5.74) is 3.92. The van der Waals surface area contributed by atoms with Crippen LogP contribution in [-0.4, -0.2) is 23.0 Å². The van der Waals surface area contributed by atoms with Crippen LogP contribution in [0.3, 0.4) is 0 Å². The van der Waals surface area contributed by atoms with Crippen molar-refractivity contribution in [3.05, 3.63) is 88.6 Å². The van der Waals surface area contributed by atoms with E-state index in [0.717, 1.165) is 41.0 Å². The van der Waals surface area contributed by atoms with Gasteiger partial charge in [0.15, 0.2) is 4.64 Å². The van der Waals surface area contributed by atoms with Crippen molar-refractivity contribution in [2.24, 2.45) is 0 Å². The number of anilines is 1. The Morgan fingerprint density at radius 3 is 2.48 bits per heavy atom. The molecule has 0 unspecified atom stereocenters. The first kappa shape index (κ1) is 24.1. The number of allylic oxidation sites excluding steroid dienone is 4. The van der Waals surface area contributed by atoms with Crippen LogP contribution in [0.1, 0.15) is 31.9 Å². The first-order valence-corrected chi connectivity index (χ1v) is 10.4. The number of hydrogen-bond donors (Lipinski definition) is 1. The Hall–Kier alpha value is -3.21. The van der Waals surface area contributed by atoms with Crippen LogP contribution in [0.4, 0.5) is 11.5 Å². The van der Waals surface area contributed by atoms with Gasteiger partial charge in [-0.25, -0.2) is 0 Å². The van der Waals surface area contributed by atoms with Crippen molar-refractivity contribution in [2.45, 2.75) is 20.8 Å². The molecule has 1 N–H and O–H groups in total. The maximum atomic E-state index is 7.37. The van der Waals surface area contributed by atoms with Gasteiger partial charge in [-0.15, -0.1) is 0 Å². The van der Waals surface area contributed by atoms with E-state index in [1.807, 2.05) is 25.1 Å². The Bertz CT molecular complexity index is 1100. The molecule has 31 heavy (non-hydrogen) atoms. The van der Waals surface area contributed by atoms with Crippen molar-refractivity contribution in [3.8, 4) is 0 Å². The van der Waals surface area contributed by atoms with Gasteiger partial charge in [0, 0.05) is 29.4 Å². The Kier molecular flexibility index (Phi) is 8.74. The minimum atomic E-state index is 0.189. The number of aromatic amines is 1. The Labute approximate surface area is 193 Å². The number of rotatable bonds is 10. The summed E-state index contributed by atoms with van der Waals surface area (Å²) in [6.07, 6.45) is 4.75. The third-order valence-corrected chi connectivity index (χ3v) is 5.19. The lowest BCUT2D eigenvalue weighted by molar-refractivity contribution is -0.259. The molecule has 0 spiro atoms. The topological polar surface area (TPSA) is 46.8 Å². The molecule has 1 aromatic carbocycles. The predicted molar refractivity (Wildman–Crippen MR) is 130 cm³/mol. The van der Waals surface area contributed by atoms with Crippen molar-refractivity contribution in [3.63, 3.8) is 0 Å². The van der Waals surface area contributed by atoms with E-state index in [1.165, 1.54) is 0 Å². The lowest BCUT2D eigenvalue weighted by Crippen LogP contribution is -2.21. The van der Waals surface area contributed by atoms with E-state index < -0.39 is 0 Å². The van der Waals surface area contributed by atoms with Crippen LogP contribution in [-0.2, 0) is 4.89 Å². The first-order chi connectivity index (χ1) is 14.9. The molecule has 2 rings (SSSR count). The minimum absolute atomic E-state index is 0.189. The van der Waals surface area contributed by atoms with Gasteiger partial charge in [0.1, 0.15) is 6.26 Å². The van der Waals surface area contributed by atoms with Gasteiger partial charge in [-0.1, -0.05) is 61.8 Å². The second-order valence-electron chi connectivity index (χ2n) is 6.51. The van der Waals surface area contributed by atoms with Crippen LogP contribution in [0, 0.1) is 11.2 Å². The molecule has 0 saturated heterocycles. The van der Waals surface area contributed by atoms with Crippen LogP contribution in [0.2, 0.25) is 0 Å². The predicted octanol–water partition coefficient (Wildman–Crippen LogP) is 6.69. The molecule has 0 atom stereocenters. The molecule has 1 aromatic heterocycles. The smallest absolute Gasteiger partial charge is 0.260 e. The number of nitrogens with one attached hydrogen (secondary N) is 1. The van der Waals surface area contributed by atoms with Gasteiger partial charge < -0.3 is 9.74 Å². The fourth-order valence-corrected chi connectivity index (χ4v) is 3.60. The molecule has 0 saturated carbocycles. The van der Waals surface area contributed by atoms with Crippen molar-refractivity contribution in [2.75, 3.05) is 18.0 Å². The number of hydrogen-bond acceptors (Lipinski definition) is 4. The molecular formula is C23H25ClN4O2S. The largest absolute Gasteiger partial charge is 0.372 e. The van der Waals surface area contributed by atoms with E-state index in [0.29, 0.717) is 16.2 Å². The van der Waals surface area contributed by atoms with Gasteiger partial charge in [0.25, 0.3) is 5.82 Å². The molecule has 0 fully saturated rings. The van der Waals surface area contributed by atoms with Crippen LogP contribution < -0.4 is 9.89 Å². The molecule has 2 aromatic rings. The van der Waals surface area contributed by atoms with Gasteiger partial charge in [-0.3, -0.25) is 4.89 Å². The highest BCUT2D eigenvalue weighted by atomic mass is 35.5. The van der Waals surface area contributed by atoms with Gasteiger partial charge >= 0.3 is 0 Å². The number of benzene rings is 1. The maximum absolute atomic E-state index is 7.37. The van der Waals surface area contributed by atoms with Crippen molar-refractivity contribution in [1.29, 1.82) is 0 Å². The molecule has 0 bridgehead atoms. The van der Waals surface area contributed by atoms with Crippen LogP contribution in [0.5, 0.6) is 0 Å². The monoisotopic (exact) mass is 456 g/mol. The molecule has 0 radical (unpaired) electrons. The number of H-pyrrole nitrogens is 1. The van der Waals surface area contributed by atoms with E-state index in [9.17, 15) is 0 Å². The molecule has 162 valence electrons. The Morgan fingerprint density at radius 2 is 1.94 bits per heavy atom. The summed E-state index contributed by atoms with van der Waals surface area (Å²) in [4.78, 5) is 16.4. The normalized spacial score (nSPS) is 11.6. The summed E-state index contributed by atoms with van der Waals surface area (Å²) in [6.45, 7) is 22.9. The fourth-order valence-electron chi connectivity index (χ4n) is 2.99. The number of halogens is 1. The van der Waals surface area contributed by atoms with Gasteiger partial charge in [-0.2, -0.15) is 10.1 Å². The second kappa shape index (κ2) is 11.3. The lowest BCUT2D eigenvalue weighted by Gasteiger charge is -2.21. The van der Waals surface area contributed by atoms with Crippen LogP contribution in [0.15, 0.2) is 61.4 Å². The third kappa shape index (κ3) is 5.91. The van der Waals surface area contributed by atoms with E-state index in [-0.39, 0.29) is 10.5 Å². The molecule has 1 heterocycles. The zero-order chi connectivity index (χ0) is 23.0. The molecular weight excluding hydrogens is 432 g/mol. The third-order valence-electron chi connectivity index (χ3n) is 4.49. The molecule has 0 aliphatic heterocycles. The number of aromatic nitrogens is 2. The summed E-state index contributed by atoms with van der Waals surface area (Å²) in [5.74, 6) is 0.189. The van der Waals surface area contributed by atoms with E-state index in [1.54, 1.807) is 6.08 Å². The van der Waals surface area contributed by atoms with Gasteiger partial charge in [0.2, 0.25) is 0 Å². The van der Waals surface area contributed by atoms with Crippen LogP contribution >= 0.6 is 23.8 Å². The van der Waals surface area contributed by atoms with Crippen molar-refractivity contribution >= 4 is 45.9 Å². The van der Waals surface area contributed by atoms with Crippen molar-refractivity contribution < 1.29 is 9.88 Å². The van der Waals surface area contributed by atoms with Gasteiger partial charge in [-0.05, 0) is 60.5 Å². The highest BCUT2D eigenvalue weighted by Crippen LogP contribution is 2.29. The summed E-state index contributed by atoms with van der Waals surface area (Å²) in [7, 11) is 0. The summed E-state index contributed by atoms with van der Waals surface area (Å²) >= 11 is 11.9. The Morgan fingerprint density at radius 1 is 1.29 bits per heavy atom. The van der Waals surface area contributed by atoms with Crippen molar-refractivity contribution in [1.82, 2.24) is 9.94 Å². The fraction of sp³-hybridized carbons (Fsp3) is 0.217. The summed E-state index contributed by atoms with van der Waals surface area (Å²) in [6, 6.07) is 8.12. The summed E-state index contributed by atoms with van der Waals surface area (Å²) in [5, 5.41) is 3.31. The quantitative estimate of drug-likeness (QED) is 0.108. The van der Waals surface area contributed by atoms with E-state index >= 15 is 0 Å². The average molecular weight is 457 g/mol. The molecule has 0 amide bonds. The zero-order valence-corrected chi connectivity index (χ0v) is 19.4. The standard InChI is InChI=1S/C23H25ClN4O2S/c1-7-27(8-2)19-12-10-18(11-13-19)20(24)15-16(4)14-17(5)21-22(25-6)26-28(23(21)31)30-29-9-3/h9-15,26H,3,5,7-8H2,1-2,4H3/b16-14?,20-15-. The highest BCUT2D eigenvalue weighted by Gasteiger charge is 2.15. The van der Waals surface area contributed by atoms with Gasteiger partial charge in [0.05, 0.1) is 0 Å². The first-order valence-electron chi connectivity index (χ1n) is 9.63. The molecule has 0 aliphatic rings. The molecule has 6 nitrogen and oxygen atoms in total. The van der Waals surface area contributed by atoms with Crippen LogP contribution in [0.25, 0.3) is 15.5 Å². The maximum Gasteiger partial charge on any atom is 0.260 e.